The molecule has 0 aliphatic heterocycles. The molecule has 21 heavy (non-hydrogen) atoms. The van der Waals surface area contributed by atoms with Crippen molar-refractivity contribution in [2.75, 3.05) is 7.05 Å². The third-order valence-corrected chi connectivity index (χ3v) is 4.11. The summed E-state index contributed by atoms with van der Waals surface area (Å²) in [5.41, 5.74) is 3.19. The Hall–Kier alpha value is -1.38. The van der Waals surface area contributed by atoms with E-state index in [1.54, 1.807) is 6.07 Å². The lowest BCUT2D eigenvalue weighted by Crippen LogP contribution is -2.18. The fourth-order valence-corrected chi connectivity index (χ4v) is 2.74. The molecule has 0 bridgehead atoms. The number of unbranched alkanes of at least 4 members (excludes halogenated alkanes) is 1. The van der Waals surface area contributed by atoms with Gasteiger partial charge in [0.05, 0.1) is 11.1 Å². The van der Waals surface area contributed by atoms with Crippen LogP contribution in [0.3, 0.4) is 0 Å². The van der Waals surface area contributed by atoms with Crippen molar-refractivity contribution in [3.8, 4) is 0 Å². The quantitative estimate of drug-likeness (QED) is 0.780. The molecular weight excluding hydrogens is 285 g/mol. The summed E-state index contributed by atoms with van der Waals surface area (Å²) in [5, 5.41) is 3.40. The summed E-state index contributed by atoms with van der Waals surface area (Å²) in [5.74, 6) is -0.381. The van der Waals surface area contributed by atoms with Crippen LogP contribution in [0.15, 0.2) is 42.5 Å². The number of benzene rings is 2. The van der Waals surface area contributed by atoms with Crippen LogP contribution in [0, 0.1) is 5.82 Å². The van der Waals surface area contributed by atoms with Gasteiger partial charge in [0.25, 0.3) is 0 Å². The molecule has 0 saturated heterocycles. The Morgan fingerprint density at radius 1 is 1.14 bits per heavy atom. The molecule has 1 nitrogen and oxygen atoms in total. The first-order valence-corrected chi connectivity index (χ1v) is 7.75. The molecule has 1 N–H and O–H groups in total. The van der Waals surface area contributed by atoms with E-state index in [1.165, 1.54) is 24.5 Å². The number of hydrogen-bond donors (Lipinski definition) is 1. The molecule has 1 unspecified atom stereocenters. The van der Waals surface area contributed by atoms with Gasteiger partial charge >= 0.3 is 0 Å². The highest BCUT2D eigenvalue weighted by Crippen LogP contribution is 2.30. The summed E-state index contributed by atoms with van der Waals surface area (Å²) < 4.78 is 13.6. The third-order valence-electron chi connectivity index (χ3n) is 3.71. The van der Waals surface area contributed by atoms with Crippen LogP contribution in [0.2, 0.25) is 5.02 Å². The Morgan fingerprint density at radius 3 is 2.48 bits per heavy atom. The van der Waals surface area contributed by atoms with Gasteiger partial charge in [-0.15, -0.1) is 0 Å². The second-order valence-corrected chi connectivity index (χ2v) is 5.59. The number of hydrogen-bond acceptors (Lipinski definition) is 1. The predicted octanol–water partition coefficient (Wildman–Crippen LogP) is 5.13. The molecule has 0 radical (unpaired) electrons. The van der Waals surface area contributed by atoms with Gasteiger partial charge in [-0.3, -0.25) is 0 Å². The molecule has 0 fully saturated rings. The zero-order chi connectivity index (χ0) is 15.2. The van der Waals surface area contributed by atoms with E-state index < -0.39 is 0 Å². The Bertz CT molecular complexity index is 580. The normalized spacial score (nSPS) is 12.4. The molecule has 0 heterocycles. The van der Waals surface area contributed by atoms with Gasteiger partial charge in [-0.1, -0.05) is 61.3 Å². The van der Waals surface area contributed by atoms with Crippen LogP contribution in [0.4, 0.5) is 4.39 Å². The molecule has 2 rings (SSSR count). The summed E-state index contributed by atoms with van der Waals surface area (Å²) in [6.45, 7) is 2.19. The minimum Gasteiger partial charge on any atom is -0.309 e. The number of nitrogens with one attached hydrogen (secondary N) is 1. The Morgan fingerprint density at radius 2 is 1.86 bits per heavy atom. The van der Waals surface area contributed by atoms with Crippen LogP contribution in [0.1, 0.15) is 42.5 Å². The van der Waals surface area contributed by atoms with Crippen molar-refractivity contribution >= 4 is 11.6 Å². The third kappa shape index (κ3) is 3.84. The van der Waals surface area contributed by atoms with Crippen LogP contribution in [-0.2, 0) is 6.42 Å². The summed E-state index contributed by atoms with van der Waals surface area (Å²) in [6.07, 6.45) is 3.49. The van der Waals surface area contributed by atoms with Crippen LogP contribution in [0.25, 0.3) is 0 Å². The lowest BCUT2D eigenvalue weighted by atomic mass is 9.96. The van der Waals surface area contributed by atoms with E-state index in [-0.39, 0.29) is 16.9 Å². The second kappa shape index (κ2) is 7.58. The number of aryl methyl sites for hydroxylation is 1. The maximum atomic E-state index is 13.6. The van der Waals surface area contributed by atoms with Crippen molar-refractivity contribution in [3.63, 3.8) is 0 Å². The molecule has 0 saturated carbocycles. The average Bonchev–Trinajstić information content (AvgIpc) is 2.51. The van der Waals surface area contributed by atoms with Crippen molar-refractivity contribution in [1.82, 2.24) is 5.32 Å². The Balaban J connectivity index is 2.27. The Labute approximate surface area is 131 Å². The second-order valence-electron chi connectivity index (χ2n) is 5.21. The first-order chi connectivity index (χ1) is 10.2. The fourth-order valence-electron chi connectivity index (χ4n) is 2.50. The zero-order valence-corrected chi connectivity index (χ0v) is 13.3. The minimum absolute atomic E-state index is 0.103. The summed E-state index contributed by atoms with van der Waals surface area (Å²) in [6, 6.07) is 13.3. The van der Waals surface area contributed by atoms with Crippen LogP contribution in [-0.4, -0.2) is 7.05 Å². The Kier molecular flexibility index (Phi) is 5.77. The standard InChI is InChI=1S/C18H21ClFN/c1-3-4-6-13-9-11-14(12-10-13)18(21-2)15-7-5-8-16(20)17(15)19/h5,7-12,18,21H,3-4,6H2,1-2H3. The molecule has 0 aliphatic carbocycles. The lowest BCUT2D eigenvalue weighted by Gasteiger charge is -2.19. The topological polar surface area (TPSA) is 12.0 Å². The molecule has 2 aromatic rings. The monoisotopic (exact) mass is 305 g/mol. The van der Waals surface area contributed by atoms with Crippen molar-refractivity contribution in [2.45, 2.75) is 32.2 Å². The van der Waals surface area contributed by atoms with Gasteiger partial charge in [-0.05, 0) is 42.6 Å². The molecule has 0 aromatic heterocycles. The van der Waals surface area contributed by atoms with E-state index in [1.807, 2.05) is 13.1 Å². The van der Waals surface area contributed by atoms with E-state index in [0.29, 0.717) is 0 Å². The average molecular weight is 306 g/mol. The summed E-state index contributed by atoms with van der Waals surface area (Å²) in [4.78, 5) is 0. The van der Waals surface area contributed by atoms with Gasteiger partial charge in [0.2, 0.25) is 0 Å². The SMILES string of the molecule is CCCCc1ccc(C(NC)c2cccc(F)c2Cl)cc1. The maximum absolute atomic E-state index is 13.6. The van der Waals surface area contributed by atoms with Gasteiger partial charge in [0, 0.05) is 0 Å². The first kappa shape index (κ1) is 16.0. The van der Waals surface area contributed by atoms with Crippen molar-refractivity contribution < 1.29 is 4.39 Å². The lowest BCUT2D eigenvalue weighted by molar-refractivity contribution is 0.617. The molecule has 0 spiro atoms. The van der Waals surface area contributed by atoms with Crippen molar-refractivity contribution in [1.29, 1.82) is 0 Å². The zero-order valence-electron chi connectivity index (χ0n) is 12.5. The van der Waals surface area contributed by atoms with E-state index in [0.717, 1.165) is 17.5 Å². The van der Waals surface area contributed by atoms with E-state index in [4.69, 9.17) is 11.6 Å². The number of rotatable bonds is 6. The van der Waals surface area contributed by atoms with Gasteiger partial charge < -0.3 is 5.32 Å². The molecular formula is C18H21ClFN. The van der Waals surface area contributed by atoms with Crippen LogP contribution in [0.5, 0.6) is 0 Å². The van der Waals surface area contributed by atoms with Crippen molar-refractivity contribution in [3.05, 3.63) is 70.0 Å². The smallest absolute Gasteiger partial charge is 0.142 e. The molecule has 0 aliphatic rings. The van der Waals surface area contributed by atoms with Gasteiger partial charge in [0.15, 0.2) is 0 Å². The minimum atomic E-state index is -0.381. The molecule has 112 valence electrons. The maximum Gasteiger partial charge on any atom is 0.142 e. The molecule has 0 amide bonds. The fraction of sp³-hybridized carbons (Fsp3) is 0.333. The molecule has 2 aromatic carbocycles. The summed E-state index contributed by atoms with van der Waals surface area (Å²) in [7, 11) is 1.86. The van der Waals surface area contributed by atoms with E-state index >= 15 is 0 Å². The number of halogens is 2. The van der Waals surface area contributed by atoms with Crippen molar-refractivity contribution in [2.24, 2.45) is 0 Å². The predicted molar refractivity (Wildman–Crippen MR) is 87.4 cm³/mol. The van der Waals surface area contributed by atoms with E-state index in [9.17, 15) is 4.39 Å². The summed E-state index contributed by atoms with van der Waals surface area (Å²) >= 11 is 6.10. The highest BCUT2D eigenvalue weighted by Gasteiger charge is 2.17. The van der Waals surface area contributed by atoms with Gasteiger partial charge in [-0.2, -0.15) is 0 Å². The largest absolute Gasteiger partial charge is 0.309 e. The first-order valence-electron chi connectivity index (χ1n) is 7.37. The highest BCUT2D eigenvalue weighted by atomic mass is 35.5. The highest BCUT2D eigenvalue weighted by molar-refractivity contribution is 6.31. The van der Waals surface area contributed by atoms with Gasteiger partial charge in [-0.25, -0.2) is 4.39 Å². The van der Waals surface area contributed by atoms with Gasteiger partial charge in [0.1, 0.15) is 5.82 Å². The molecule has 1 atom stereocenters. The van der Waals surface area contributed by atoms with Crippen LogP contribution >= 0.6 is 11.6 Å². The van der Waals surface area contributed by atoms with Crippen LogP contribution < -0.4 is 5.32 Å². The van der Waals surface area contributed by atoms with E-state index in [2.05, 4.69) is 36.5 Å². The molecule has 3 heteroatoms.